The summed E-state index contributed by atoms with van der Waals surface area (Å²) in [6.07, 6.45) is 0. The Morgan fingerprint density at radius 3 is 2.00 bits per heavy atom. The summed E-state index contributed by atoms with van der Waals surface area (Å²) in [7, 11) is 0. The molecule has 0 fully saturated rings. The molecule has 4 nitrogen and oxygen atoms in total. The summed E-state index contributed by atoms with van der Waals surface area (Å²) < 4.78 is 16.0. The highest BCUT2D eigenvalue weighted by molar-refractivity contribution is 7.01. The third-order valence-corrected chi connectivity index (χ3v) is 10.00. The van der Waals surface area contributed by atoms with E-state index in [1.807, 2.05) is 0 Å². The molecule has 2 aromatic heterocycles. The molecule has 0 spiro atoms. The number of rotatable bonds is 3. The number of nitrogens with zero attached hydrogens (tertiary/aromatic N) is 2. The Bertz CT molecular complexity index is 2690. The van der Waals surface area contributed by atoms with E-state index in [-0.39, 0.29) is 6.71 Å². The lowest BCUT2D eigenvalue weighted by atomic mass is 9.34. The molecule has 7 aromatic carbocycles. The van der Waals surface area contributed by atoms with Crippen molar-refractivity contribution in [3.05, 3.63) is 152 Å². The number of hydrogen-bond acceptors (Lipinski definition) is 3. The lowest BCUT2D eigenvalue weighted by Crippen LogP contribution is -2.58. The summed E-state index contributed by atoms with van der Waals surface area (Å²) in [6, 6.07) is 53.7. The van der Waals surface area contributed by atoms with Crippen LogP contribution in [0.3, 0.4) is 0 Å². The molecule has 0 aliphatic carbocycles. The molecule has 4 heterocycles. The largest absolute Gasteiger partial charge is 0.458 e. The maximum absolute atomic E-state index is 6.90. The Kier molecular flexibility index (Phi) is 4.89. The molecule has 5 heteroatoms. The number of ether oxygens (including phenoxy) is 1. The normalized spacial score (nSPS) is 12.8. The maximum atomic E-state index is 6.90. The first kappa shape index (κ1) is 25.0. The highest BCUT2D eigenvalue weighted by Crippen LogP contribution is 2.44. The molecule has 47 heavy (non-hydrogen) atoms. The molecular formula is C42H25BN2O2. The van der Waals surface area contributed by atoms with Crippen molar-refractivity contribution in [2.75, 3.05) is 4.90 Å². The van der Waals surface area contributed by atoms with Crippen molar-refractivity contribution >= 4 is 83.9 Å². The molecule has 0 unspecified atom stereocenters. The van der Waals surface area contributed by atoms with E-state index in [4.69, 9.17) is 9.15 Å². The molecular weight excluding hydrogens is 575 g/mol. The number of para-hydroxylation sites is 5. The average molecular weight is 600 g/mol. The number of anilines is 3. The topological polar surface area (TPSA) is 30.5 Å². The Labute approximate surface area is 270 Å². The summed E-state index contributed by atoms with van der Waals surface area (Å²) in [5, 5.41) is 4.73. The summed E-state index contributed by atoms with van der Waals surface area (Å²) in [5.74, 6) is 1.76. The molecule has 0 N–H and O–H groups in total. The predicted molar refractivity (Wildman–Crippen MR) is 194 cm³/mol. The van der Waals surface area contributed by atoms with Gasteiger partial charge in [0, 0.05) is 44.7 Å². The van der Waals surface area contributed by atoms with E-state index in [2.05, 4.69) is 161 Å². The van der Waals surface area contributed by atoms with Gasteiger partial charge in [0.05, 0.1) is 16.7 Å². The van der Waals surface area contributed by atoms with E-state index in [1.165, 1.54) is 43.6 Å². The van der Waals surface area contributed by atoms with Crippen LogP contribution in [0.2, 0.25) is 0 Å². The van der Waals surface area contributed by atoms with Crippen molar-refractivity contribution in [3.8, 4) is 17.2 Å². The van der Waals surface area contributed by atoms with E-state index in [0.717, 1.165) is 50.8 Å². The van der Waals surface area contributed by atoms with Crippen LogP contribution in [0.5, 0.6) is 11.5 Å². The summed E-state index contributed by atoms with van der Waals surface area (Å²) in [6.45, 7) is -0.0371. The second kappa shape index (κ2) is 9.18. The fraction of sp³-hybridized carbons (Fsp3) is 0. The van der Waals surface area contributed by atoms with Crippen LogP contribution < -0.4 is 26.0 Å². The standard InChI is InChI=1S/C42H25BN2O2/c1-3-13-26(14-4-1)44(27-15-5-2-6-16-27)28-23-34-40-38(24-28)47-36-22-12-9-19-32(36)43(40)41-39-30-18-8-11-21-35(30)46-37(39)25-31-29-17-7-10-20-33(29)45(34)42(31)41/h1-25H. The van der Waals surface area contributed by atoms with E-state index in [9.17, 15) is 0 Å². The van der Waals surface area contributed by atoms with Crippen LogP contribution in [-0.4, -0.2) is 11.3 Å². The van der Waals surface area contributed by atoms with Gasteiger partial charge in [0.25, 0.3) is 6.71 Å². The number of furan rings is 1. The molecule has 0 saturated heterocycles. The highest BCUT2D eigenvalue weighted by Gasteiger charge is 2.42. The van der Waals surface area contributed by atoms with Gasteiger partial charge in [0.2, 0.25) is 0 Å². The second-order valence-corrected chi connectivity index (χ2v) is 12.5. The lowest BCUT2D eigenvalue weighted by molar-refractivity contribution is 0.487. The van der Waals surface area contributed by atoms with Crippen LogP contribution in [0.4, 0.5) is 17.1 Å². The average Bonchev–Trinajstić information content (AvgIpc) is 3.67. The van der Waals surface area contributed by atoms with Crippen molar-refractivity contribution in [2.45, 2.75) is 0 Å². The molecule has 0 atom stereocenters. The van der Waals surface area contributed by atoms with Gasteiger partial charge in [-0.1, -0.05) is 91.0 Å². The zero-order chi connectivity index (χ0) is 30.6. The van der Waals surface area contributed by atoms with Gasteiger partial charge < -0.3 is 18.6 Å². The zero-order valence-electron chi connectivity index (χ0n) is 25.2. The van der Waals surface area contributed by atoms with E-state index in [1.54, 1.807) is 0 Å². The first-order valence-corrected chi connectivity index (χ1v) is 16.1. The van der Waals surface area contributed by atoms with Crippen LogP contribution in [-0.2, 0) is 0 Å². The molecule has 0 bridgehead atoms. The quantitative estimate of drug-likeness (QED) is 0.190. The molecule has 9 aromatic rings. The second-order valence-electron chi connectivity index (χ2n) is 12.5. The predicted octanol–water partition coefficient (Wildman–Crippen LogP) is 9.09. The molecule has 0 radical (unpaired) electrons. The van der Waals surface area contributed by atoms with Gasteiger partial charge in [-0.05, 0) is 71.0 Å². The monoisotopic (exact) mass is 600 g/mol. The van der Waals surface area contributed by atoms with Gasteiger partial charge in [-0.2, -0.15) is 0 Å². The fourth-order valence-corrected chi connectivity index (χ4v) is 8.17. The first-order valence-electron chi connectivity index (χ1n) is 16.1. The van der Waals surface area contributed by atoms with Crippen molar-refractivity contribution in [1.29, 1.82) is 0 Å². The van der Waals surface area contributed by atoms with Crippen LogP contribution in [0.25, 0.3) is 49.4 Å². The smallest absolute Gasteiger partial charge is 0.257 e. The van der Waals surface area contributed by atoms with Gasteiger partial charge in [0.15, 0.2) is 0 Å². The van der Waals surface area contributed by atoms with Crippen LogP contribution in [0, 0.1) is 0 Å². The first-order chi connectivity index (χ1) is 23.3. The zero-order valence-corrected chi connectivity index (χ0v) is 25.2. The van der Waals surface area contributed by atoms with Gasteiger partial charge in [-0.3, -0.25) is 0 Å². The molecule has 2 aliphatic rings. The third-order valence-electron chi connectivity index (χ3n) is 10.00. The van der Waals surface area contributed by atoms with Gasteiger partial charge in [-0.25, -0.2) is 0 Å². The summed E-state index contributed by atoms with van der Waals surface area (Å²) in [5.41, 5.74) is 12.2. The Morgan fingerprint density at radius 1 is 0.511 bits per heavy atom. The fourth-order valence-electron chi connectivity index (χ4n) is 8.17. The molecule has 0 amide bonds. The molecule has 218 valence electrons. The van der Waals surface area contributed by atoms with Crippen molar-refractivity contribution < 1.29 is 9.15 Å². The Morgan fingerprint density at radius 2 is 1.19 bits per heavy atom. The minimum Gasteiger partial charge on any atom is -0.458 e. The van der Waals surface area contributed by atoms with Crippen LogP contribution in [0.1, 0.15) is 0 Å². The maximum Gasteiger partial charge on any atom is 0.257 e. The number of fused-ring (bicyclic) bond motifs is 11. The minimum atomic E-state index is -0.0371. The van der Waals surface area contributed by atoms with Gasteiger partial charge >= 0.3 is 0 Å². The number of aromatic nitrogens is 1. The SMILES string of the molecule is c1ccc(N(c2ccccc2)c2cc3c4c(c2)-n2c5ccccc5c5cc6oc7ccccc7c6c(c52)B4c2ccccc2O3)cc1. The van der Waals surface area contributed by atoms with Crippen molar-refractivity contribution in [2.24, 2.45) is 0 Å². The third kappa shape index (κ3) is 3.32. The Hall–Kier alpha value is -6.20. The van der Waals surface area contributed by atoms with E-state index < -0.39 is 0 Å². The summed E-state index contributed by atoms with van der Waals surface area (Å²) in [4.78, 5) is 2.32. The number of hydrogen-bond donors (Lipinski definition) is 0. The minimum absolute atomic E-state index is 0.0371. The lowest BCUT2D eigenvalue weighted by Gasteiger charge is -2.35. The van der Waals surface area contributed by atoms with Gasteiger partial charge in [0.1, 0.15) is 22.7 Å². The van der Waals surface area contributed by atoms with Crippen LogP contribution >= 0.6 is 0 Å². The molecule has 11 rings (SSSR count). The van der Waals surface area contributed by atoms with Crippen molar-refractivity contribution in [3.63, 3.8) is 0 Å². The highest BCUT2D eigenvalue weighted by atomic mass is 16.5. The van der Waals surface area contributed by atoms with E-state index in [0.29, 0.717) is 0 Å². The number of benzene rings is 7. The van der Waals surface area contributed by atoms with Gasteiger partial charge in [-0.15, -0.1) is 0 Å². The molecule has 2 aliphatic heterocycles. The van der Waals surface area contributed by atoms with E-state index >= 15 is 0 Å². The van der Waals surface area contributed by atoms with Crippen molar-refractivity contribution in [1.82, 2.24) is 4.57 Å². The summed E-state index contributed by atoms with van der Waals surface area (Å²) >= 11 is 0. The molecule has 0 saturated carbocycles. The van der Waals surface area contributed by atoms with Crippen LogP contribution in [0.15, 0.2) is 156 Å². The Balaban J connectivity index is 1.33.